The fourth-order valence-electron chi connectivity index (χ4n) is 0.863. The molecule has 1 aromatic rings. The van der Waals surface area contributed by atoms with Gasteiger partial charge in [-0.15, -0.1) is 0 Å². The van der Waals surface area contributed by atoms with Crippen LogP contribution >= 0.6 is 11.8 Å². The van der Waals surface area contributed by atoms with Crippen LogP contribution < -0.4 is 0 Å². The summed E-state index contributed by atoms with van der Waals surface area (Å²) in [7, 11) is 0. The molecular formula is C9H14N2OS. The van der Waals surface area contributed by atoms with Crippen molar-refractivity contribution in [3.63, 3.8) is 0 Å². The minimum absolute atomic E-state index is 0.450. The smallest absolute Gasteiger partial charge is 0.115 e. The fraction of sp³-hybridized carbons (Fsp3) is 0.556. The van der Waals surface area contributed by atoms with Crippen LogP contribution in [0.4, 0.5) is 0 Å². The van der Waals surface area contributed by atoms with Gasteiger partial charge in [-0.1, -0.05) is 13.8 Å². The van der Waals surface area contributed by atoms with Crippen LogP contribution in [0.3, 0.4) is 0 Å². The lowest BCUT2D eigenvalue weighted by molar-refractivity contribution is 0.203. The Balaban J connectivity index is 2.44. The maximum absolute atomic E-state index is 9.67. The van der Waals surface area contributed by atoms with Gasteiger partial charge in [0.2, 0.25) is 0 Å². The fourth-order valence-corrected chi connectivity index (χ4v) is 1.62. The summed E-state index contributed by atoms with van der Waals surface area (Å²) in [5.74, 6) is 0.699. The first kappa shape index (κ1) is 10.5. The number of hydrogen-bond donors (Lipinski definition) is 1. The van der Waals surface area contributed by atoms with Gasteiger partial charge in [0, 0.05) is 23.7 Å². The van der Waals surface area contributed by atoms with Crippen LogP contribution in [0.15, 0.2) is 18.7 Å². The van der Waals surface area contributed by atoms with Crippen molar-refractivity contribution >= 4 is 11.8 Å². The van der Waals surface area contributed by atoms with E-state index in [0.717, 1.165) is 5.56 Å². The number of rotatable bonds is 4. The van der Waals surface area contributed by atoms with Crippen LogP contribution in [0.25, 0.3) is 0 Å². The van der Waals surface area contributed by atoms with E-state index >= 15 is 0 Å². The Labute approximate surface area is 82.6 Å². The monoisotopic (exact) mass is 198 g/mol. The van der Waals surface area contributed by atoms with Gasteiger partial charge in [0.1, 0.15) is 6.33 Å². The molecule has 1 rings (SSSR count). The Morgan fingerprint density at radius 2 is 2.00 bits per heavy atom. The van der Waals surface area contributed by atoms with E-state index < -0.39 is 6.10 Å². The maximum atomic E-state index is 9.67. The predicted molar refractivity (Wildman–Crippen MR) is 54.6 cm³/mol. The summed E-state index contributed by atoms with van der Waals surface area (Å²) >= 11 is 1.73. The summed E-state index contributed by atoms with van der Waals surface area (Å²) in [6, 6.07) is 0. The van der Waals surface area contributed by atoms with Crippen molar-refractivity contribution in [3.8, 4) is 0 Å². The second kappa shape index (κ2) is 5.19. The normalized spacial score (nSPS) is 13.2. The molecule has 4 heteroatoms. The molecule has 1 aromatic heterocycles. The molecule has 72 valence electrons. The molecule has 13 heavy (non-hydrogen) atoms. The highest BCUT2D eigenvalue weighted by molar-refractivity contribution is 7.99. The third kappa shape index (κ3) is 3.74. The Bertz CT molecular complexity index is 241. The highest BCUT2D eigenvalue weighted by atomic mass is 32.2. The molecule has 1 unspecified atom stereocenters. The van der Waals surface area contributed by atoms with Crippen LogP contribution in [0.5, 0.6) is 0 Å². The standard InChI is InChI=1S/C9H14N2OS/c1-7(2)13-5-9(12)8-3-10-6-11-4-8/h3-4,6-7,9,12H,5H2,1-2H3. The van der Waals surface area contributed by atoms with Crippen molar-refractivity contribution in [2.75, 3.05) is 5.75 Å². The molecule has 1 atom stereocenters. The number of aromatic nitrogens is 2. The summed E-state index contributed by atoms with van der Waals surface area (Å²) in [5, 5.41) is 10.2. The molecule has 0 aliphatic carbocycles. The molecule has 0 saturated carbocycles. The summed E-state index contributed by atoms with van der Waals surface area (Å²) < 4.78 is 0. The van der Waals surface area contributed by atoms with Crippen molar-refractivity contribution in [2.24, 2.45) is 0 Å². The minimum atomic E-state index is -0.450. The number of thioether (sulfide) groups is 1. The van der Waals surface area contributed by atoms with Gasteiger partial charge in [0.05, 0.1) is 6.10 Å². The van der Waals surface area contributed by atoms with Gasteiger partial charge in [-0.05, 0) is 5.25 Å². The van der Waals surface area contributed by atoms with E-state index in [1.807, 2.05) is 0 Å². The van der Waals surface area contributed by atoms with Crippen molar-refractivity contribution in [3.05, 3.63) is 24.3 Å². The summed E-state index contributed by atoms with van der Waals surface area (Å²) in [6.45, 7) is 4.22. The highest BCUT2D eigenvalue weighted by Crippen LogP contribution is 2.19. The van der Waals surface area contributed by atoms with Crippen molar-refractivity contribution < 1.29 is 5.11 Å². The molecule has 0 aliphatic heterocycles. The van der Waals surface area contributed by atoms with Gasteiger partial charge in [-0.25, -0.2) is 9.97 Å². The van der Waals surface area contributed by atoms with Crippen molar-refractivity contribution in [2.45, 2.75) is 25.2 Å². The summed E-state index contributed by atoms with van der Waals surface area (Å²) in [6.07, 6.45) is 4.32. The van der Waals surface area contributed by atoms with Crippen molar-refractivity contribution in [1.29, 1.82) is 0 Å². The van der Waals surface area contributed by atoms with Gasteiger partial charge in [-0.3, -0.25) is 0 Å². The van der Waals surface area contributed by atoms with Crippen LogP contribution in [-0.4, -0.2) is 26.1 Å². The lowest BCUT2D eigenvalue weighted by Gasteiger charge is -2.10. The van der Waals surface area contributed by atoms with Gasteiger partial charge < -0.3 is 5.11 Å². The molecule has 3 nitrogen and oxygen atoms in total. The van der Waals surface area contributed by atoms with E-state index in [-0.39, 0.29) is 0 Å². The maximum Gasteiger partial charge on any atom is 0.115 e. The molecule has 0 saturated heterocycles. The quantitative estimate of drug-likeness (QED) is 0.799. The number of nitrogens with zero attached hydrogens (tertiary/aromatic N) is 2. The second-order valence-corrected chi connectivity index (χ2v) is 4.68. The first-order valence-corrected chi connectivity index (χ1v) is 5.29. The first-order chi connectivity index (χ1) is 6.20. The van der Waals surface area contributed by atoms with E-state index in [2.05, 4.69) is 23.8 Å². The number of hydrogen-bond acceptors (Lipinski definition) is 4. The Hall–Kier alpha value is -0.610. The first-order valence-electron chi connectivity index (χ1n) is 4.24. The topological polar surface area (TPSA) is 46.0 Å². The van der Waals surface area contributed by atoms with E-state index in [9.17, 15) is 5.11 Å². The van der Waals surface area contributed by atoms with Gasteiger partial charge in [-0.2, -0.15) is 11.8 Å². The third-order valence-corrected chi connectivity index (χ3v) is 2.73. The lowest BCUT2D eigenvalue weighted by Crippen LogP contribution is -2.03. The average molecular weight is 198 g/mol. The zero-order valence-corrected chi connectivity index (χ0v) is 8.66. The summed E-state index contributed by atoms with van der Waals surface area (Å²) in [4.78, 5) is 7.70. The SMILES string of the molecule is CC(C)SCC(O)c1cncnc1. The Morgan fingerprint density at radius 3 is 2.54 bits per heavy atom. The Morgan fingerprint density at radius 1 is 1.38 bits per heavy atom. The molecule has 0 spiro atoms. The lowest BCUT2D eigenvalue weighted by atomic mass is 10.2. The molecule has 0 radical (unpaired) electrons. The van der Waals surface area contributed by atoms with Crippen LogP contribution in [0.1, 0.15) is 25.5 Å². The average Bonchev–Trinajstić information content (AvgIpc) is 2.15. The number of aliphatic hydroxyl groups excluding tert-OH is 1. The molecule has 0 aliphatic rings. The van der Waals surface area contributed by atoms with E-state index in [1.165, 1.54) is 6.33 Å². The van der Waals surface area contributed by atoms with E-state index in [0.29, 0.717) is 11.0 Å². The highest BCUT2D eigenvalue weighted by Gasteiger charge is 2.08. The molecule has 0 fully saturated rings. The molecule has 0 bridgehead atoms. The number of aliphatic hydroxyl groups is 1. The molecule has 1 heterocycles. The molecule has 0 amide bonds. The summed E-state index contributed by atoms with van der Waals surface area (Å²) in [5.41, 5.74) is 0.788. The molecular weight excluding hydrogens is 184 g/mol. The van der Waals surface area contributed by atoms with Crippen molar-refractivity contribution in [1.82, 2.24) is 9.97 Å². The van der Waals surface area contributed by atoms with Crippen LogP contribution in [0, 0.1) is 0 Å². The largest absolute Gasteiger partial charge is 0.387 e. The zero-order valence-electron chi connectivity index (χ0n) is 7.84. The van der Waals surface area contributed by atoms with E-state index in [1.54, 1.807) is 24.2 Å². The van der Waals surface area contributed by atoms with Crippen LogP contribution in [0.2, 0.25) is 0 Å². The minimum Gasteiger partial charge on any atom is -0.387 e. The second-order valence-electron chi connectivity index (χ2n) is 3.07. The molecule has 1 N–H and O–H groups in total. The zero-order chi connectivity index (χ0) is 9.68. The predicted octanol–water partition coefficient (Wildman–Crippen LogP) is 1.65. The van der Waals surface area contributed by atoms with Crippen LogP contribution in [-0.2, 0) is 0 Å². The van der Waals surface area contributed by atoms with Gasteiger partial charge >= 0.3 is 0 Å². The Kier molecular flexibility index (Phi) is 4.18. The third-order valence-electron chi connectivity index (χ3n) is 1.55. The van der Waals surface area contributed by atoms with E-state index in [4.69, 9.17) is 0 Å². The molecule has 0 aromatic carbocycles. The van der Waals surface area contributed by atoms with Gasteiger partial charge in [0.15, 0.2) is 0 Å². The van der Waals surface area contributed by atoms with Gasteiger partial charge in [0.25, 0.3) is 0 Å².